The van der Waals surface area contributed by atoms with Gasteiger partial charge >= 0.3 is 0 Å². The number of aliphatic hydroxyl groups is 2. The van der Waals surface area contributed by atoms with Crippen molar-refractivity contribution in [2.45, 2.75) is 37.1 Å². The summed E-state index contributed by atoms with van der Waals surface area (Å²) >= 11 is 0. The van der Waals surface area contributed by atoms with E-state index in [1.54, 1.807) is 0 Å². The highest BCUT2D eigenvalue weighted by atomic mass is 16.7. The lowest BCUT2D eigenvalue weighted by atomic mass is 9.82. The number of hydrogen-bond donors (Lipinski definition) is 2. The molecular formula is C16H17NO4. The molecule has 1 saturated heterocycles. The first kappa shape index (κ1) is 12.0. The minimum atomic E-state index is -0.741. The molecule has 110 valence electrons. The lowest BCUT2D eigenvalue weighted by Gasteiger charge is -2.31. The zero-order valence-corrected chi connectivity index (χ0v) is 11.5. The predicted molar refractivity (Wildman–Crippen MR) is 74.2 cm³/mol. The number of aliphatic hydroxyl groups excluding tert-OH is 2. The summed E-state index contributed by atoms with van der Waals surface area (Å²) in [7, 11) is 0. The maximum absolute atomic E-state index is 9.96. The topological polar surface area (TPSA) is 62.2 Å². The monoisotopic (exact) mass is 287 g/mol. The molecular weight excluding hydrogens is 270 g/mol. The number of ether oxygens (including phenoxy) is 2. The third kappa shape index (κ3) is 1.56. The Labute approximate surface area is 122 Å². The van der Waals surface area contributed by atoms with Crippen LogP contribution in [0.15, 0.2) is 23.8 Å². The molecule has 1 aromatic rings. The summed E-state index contributed by atoms with van der Waals surface area (Å²) in [5, 5.41) is 19.9. The SMILES string of the molecule is O[C@@H]1C[C@H]2C(=C[C@@H]1O)[C@H]1CN2Cc2cc3c(cc21)OCO3. The maximum Gasteiger partial charge on any atom is 0.231 e. The van der Waals surface area contributed by atoms with E-state index >= 15 is 0 Å². The second kappa shape index (κ2) is 4.00. The third-order valence-electron chi connectivity index (χ3n) is 5.25. The molecule has 5 heteroatoms. The van der Waals surface area contributed by atoms with Crippen LogP contribution >= 0.6 is 0 Å². The standard InChI is InChI=1S/C16H17NO4/c18-13-2-10-11-6-17(12(10)4-14(13)19)5-8-1-15-16(3-9(8)11)21-7-20-15/h1-3,11-14,18-19H,4-7H2/t11-,12-,13-,14+/m0/s1. The fraction of sp³-hybridized carbons (Fsp3) is 0.500. The molecule has 0 saturated carbocycles. The molecule has 1 fully saturated rings. The molecule has 0 spiro atoms. The van der Waals surface area contributed by atoms with Crippen molar-refractivity contribution in [3.8, 4) is 11.5 Å². The van der Waals surface area contributed by atoms with Gasteiger partial charge in [0.2, 0.25) is 6.79 Å². The quantitative estimate of drug-likeness (QED) is 0.690. The number of benzene rings is 1. The van der Waals surface area contributed by atoms with Crippen LogP contribution in [0.25, 0.3) is 0 Å². The molecule has 2 N–H and O–H groups in total. The molecule has 1 aliphatic carbocycles. The summed E-state index contributed by atoms with van der Waals surface area (Å²) in [6, 6.07) is 4.43. The summed E-state index contributed by atoms with van der Waals surface area (Å²) in [4.78, 5) is 2.40. The van der Waals surface area contributed by atoms with E-state index < -0.39 is 12.2 Å². The van der Waals surface area contributed by atoms with Gasteiger partial charge in [-0.3, -0.25) is 4.90 Å². The molecule has 21 heavy (non-hydrogen) atoms. The van der Waals surface area contributed by atoms with E-state index in [1.165, 1.54) is 16.7 Å². The van der Waals surface area contributed by atoms with Gasteiger partial charge in [0.1, 0.15) is 0 Å². The number of hydrogen-bond acceptors (Lipinski definition) is 5. The van der Waals surface area contributed by atoms with Gasteiger partial charge in [-0.15, -0.1) is 0 Å². The molecule has 0 aromatic heterocycles. The first-order valence-electron chi connectivity index (χ1n) is 7.45. The van der Waals surface area contributed by atoms with E-state index in [9.17, 15) is 10.2 Å². The molecule has 3 aliphatic heterocycles. The van der Waals surface area contributed by atoms with E-state index in [0.717, 1.165) is 24.6 Å². The molecule has 3 heterocycles. The molecule has 5 atom stereocenters. The van der Waals surface area contributed by atoms with Gasteiger partial charge < -0.3 is 19.7 Å². The van der Waals surface area contributed by atoms with Crippen LogP contribution in [0.5, 0.6) is 11.5 Å². The Hall–Kier alpha value is -1.56. The highest BCUT2D eigenvalue weighted by molar-refractivity contribution is 5.54. The van der Waals surface area contributed by atoms with Gasteiger partial charge in [0, 0.05) is 25.0 Å². The van der Waals surface area contributed by atoms with Crippen LogP contribution in [-0.2, 0) is 6.54 Å². The van der Waals surface area contributed by atoms with Gasteiger partial charge in [0.25, 0.3) is 0 Å². The van der Waals surface area contributed by atoms with Crippen molar-refractivity contribution in [1.29, 1.82) is 0 Å². The molecule has 5 nitrogen and oxygen atoms in total. The van der Waals surface area contributed by atoms with Gasteiger partial charge in [-0.05, 0) is 35.3 Å². The van der Waals surface area contributed by atoms with E-state index in [2.05, 4.69) is 17.0 Å². The number of nitrogens with zero attached hydrogens (tertiary/aromatic N) is 1. The zero-order valence-electron chi connectivity index (χ0n) is 11.5. The van der Waals surface area contributed by atoms with Crippen molar-refractivity contribution >= 4 is 0 Å². The Morgan fingerprint density at radius 3 is 2.81 bits per heavy atom. The molecule has 2 bridgehead atoms. The Morgan fingerprint density at radius 1 is 1.14 bits per heavy atom. The fourth-order valence-corrected chi connectivity index (χ4v) is 4.23. The third-order valence-corrected chi connectivity index (χ3v) is 5.25. The van der Waals surface area contributed by atoms with E-state index in [4.69, 9.17) is 9.47 Å². The summed E-state index contributed by atoms with van der Waals surface area (Å²) in [6.07, 6.45) is 1.08. The summed E-state index contributed by atoms with van der Waals surface area (Å²) in [5.41, 5.74) is 3.81. The van der Waals surface area contributed by atoms with E-state index in [1.807, 2.05) is 6.08 Å². The molecule has 1 aromatic carbocycles. The smallest absolute Gasteiger partial charge is 0.231 e. The number of fused-ring (bicyclic) bond motifs is 8. The predicted octanol–water partition coefficient (Wildman–Crippen LogP) is 0.749. The molecule has 0 radical (unpaired) electrons. The van der Waals surface area contributed by atoms with Gasteiger partial charge in [-0.1, -0.05) is 6.08 Å². The average Bonchev–Trinajstić information content (AvgIpc) is 3.03. The lowest BCUT2D eigenvalue weighted by molar-refractivity contribution is 0.0208. The highest BCUT2D eigenvalue weighted by Crippen LogP contribution is 2.49. The van der Waals surface area contributed by atoms with Gasteiger partial charge in [-0.2, -0.15) is 0 Å². The Balaban J connectivity index is 1.63. The second-order valence-electron chi connectivity index (χ2n) is 6.36. The zero-order chi connectivity index (χ0) is 14.1. The summed E-state index contributed by atoms with van der Waals surface area (Å²) < 4.78 is 11.0. The van der Waals surface area contributed by atoms with Crippen LogP contribution in [-0.4, -0.2) is 46.7 Å². The Bertz CT molecular complexity index is 656. The number of rotatable bonds is 0. The van der Waals surface area contributed by atoms with E-state index in [0.29, 0.717) is 19.1 Å². The molecule has 4 aliphatic rings. The largest absolute Gasteiger partial charge is 0.454 e. The van der Waals surface area contributed by atoms with Crippen LogP contribution in [0.4, 0.5) is 0 Å². The first-order valence-corrected chi connectivity index (χ1v) is 7.45. The minimum Gasteiger partial charge on any atom is -0.454 e. The molecule has 0 amide bonds. The van der Waals surface area contributed by atoms with Crippen molar-refractivity contribution in [3.05, 3.63) is 34.9 Å². The van der Waals surface area contributed by atoms with Gasteiger partial charge in [0.05, 0.1) is 12.2 Å². The lowest BCUT2D eigenvalue weighted by Crippen LogP contribution is -2.39. The van der Waals surface area contributed by atoms with Crippen LogP contribution in [0.3, 0.4) is 0 Å². The Morgan fingerprint density at radius 2 is 1.95 bits per heavy atom. The van der Waals surface area contributed by atoms with Crippen LogP contribution < -0.4 is 9.47 Å². The highest BCUT2D eigenvalue weighted by Gasteiger charge is 2.46. The van der Waals surface area contributed by atoms with Gasteiger partial charge in [0.15, 0.2) is 11.5 Å². The van der Waals surface area contributed by atoms with Crippen molar-refractivity contribution in [2.75, 3.05) is 13.3 Å². The van der Waals surface area contributed by atoms with Crippen molar-refractivity contribution in [3.63, 3.8) is 0 Å². The minimum absolute atomic E-state index is 0.248. The second-order valence-corrected chi connectivity index (χ2v) is 6.36. The average molecular weight is 287 g/mol. The Kier molecular flexibility index (Phi) is 2.29. The van der Waals surface area contributed by atoms with Crippen LogP contribution in [0, 0.1) is 0 Å². The van der Waals surface area contributed by atoms with Crippen LogP contribution in [0.2, 0.25) is 0 Å². The molecule has 5 rings (SSSR count). The normalized spacial score (nSPS) is 38.8. The maximum atomic E-state index is 9.96. The van der Waals surface area contributed by atoms with E-state index in [-0.39, 0.29) is 6.04 Å². The summed E-state index contributed by atoms with van der Waals surface area (Å²) in [6.45, 7) is 2.12. The molecule has 1 unspecified atom stereocenters. The van der Waals surface area contributed by atoms with Crippen molar-refractivity contribution in [2.24, 2.45) is 0 Å². The fourth-order valence-electron chi connectivity index (χ4n) is 4.23. The van der Waals surface area contributed by atoms with Crippen molar-refractivity contribution in [1.82, 2.24) is 4.90 Å². The van der Waals surface area contributed by atoms with Gasteiger partial charge in [-0.25, -0.2) is 0 Å². The first-order chi connectivity index (χ1) is 10.2. The summed E-state index contributed by atoms with van der Waals surface area (Å²) in [5.74, 6) is 1.95. The van der Waals surface area contributed by atoms with Crippen LogP contribution in [0.1, 0.15) is 23.5 Å². The van der Waals surface area contributed by atoms with Crippen molar-refractivity contribution < 1.29 is 19.7 Å².